The molecule has 18 heavy (non-hydrogen) atoms. The molecule has 0 aromatic rings. The van der Waals surface area contributed by atoms with Gasteiger partial charge in [0.1, 0.15) is 0 Å². The molecule has 0 radical (unpaired) electrons. The van der Waals surface area contributed by atoms with E-state index in [1.807, 2.05) is 0 Å². The second-order valence-corrected chi connectivity index (χ2v) is 5.13. The summed E-state index contributed by atoms with van der Waals surface area (Å²) in [6.45, 7) is 9.86. The molecule has 1 fully saturated rings. The molecule has 0 amide bonds. The average Bonchev–Trinajstić information content (AvgIpc) is 2.18. The molecule has 5 nitrogen and oxygen atoms in total. The van der Waals surface area contributed by atoms with Crippen molar-refractivity contribution in [1.29, 1.82) is 0 Å². The van der Waals surface area contributed by atoms with E-state index < -0.39 is 6.45 Å². The number of ether oxygens (including phenoxy) is 2. The fourth-order valence-electron chi connectivity index (χ4n) is 1.90. The van der Waals surface area contributed by atoms with Crippen molar-refractivity contribution in [2.24, 2.45) is 5.41 Å². The maximum absolute atomic E-state index is 10.2. The molecule has 0 aromatic carbocycles. The van der Waals surface area contributed by atoms with Crippen LogP contribution in [0, 0.1) is 5.41 Å². The van der Waals surface area contributed by atoms with Crippen LogP contribution in [0.25, 0.3) is 0 Å². The van der Waals surface area contributed by atoms with Gasteiger partial charge < -0.3 is 24.2 Å². The van der Waals surface area contributed by atoms with Crippen LogP contribution in [-0.2, 0) is 19.1 Å². The molecule has 0 N–H and O–H groups in total. The number of rotatable bonds is 2. The van der Waals surface area contributed by atoms with Gasteiger partial charge in [-0.25, -0.2) is 0 Å². The van der Waals surface area contributed by atoms with E-state index in [1.54, 1.807) is 0 Å². The van der Waals surface area contributed by atoms with Gasteiger partial charge in [0.15, 0.2) is 0 Å². The summed E-state index contributed by atoms with van der Waals surface area (Å²) in [5, 5.41) is 8.56. The van der Waals surface area contributed by atoms with Gasteiger partial charge in [-0.2, -0.15) is 0 Å². The first kappa shape index (κ1) is 18.5. The van der Waals surface area contributed by atoms with Gasteiger partial charge in [-0.15, -0.1) is 0 Å². The second-order valence-electron chi connectivity index (χ2n) is 5.13. The molecule has 0 saturated carbocycles. The number of hydrogen-bond acceptors (Lipinski definition) is 5. The Hall–Kier alpha value is 0.536. The minimum atomic E-state index is -1.83. The SMILES string of the molecule is CC1CCC(O[C-]=O)C(C(C)(C)C)O1.[3H]C(=O)[O-].[K+]. The molecular weight excluding hydrogens is 263 g/mol. The van der Waals surface area contributed by atoms with Crippen molar-refractivity contribution in [3.8, 4) is 0 Å². The Bertz CT molecular complexity index is 276. The minimum absolute atomic E-state index is 0. The van der Waals surface area contributed by atoms with Gasteiger partial charge in [-0.05, 0) is 25.2 Å². The fourth-order valence-corrected chi connectivity index (χ4v) is 1.90. The summed E-state index contributed by atoms with van der Waals surface area (Å²) >= 11 is 0. The first-order chi connectivity index (χ1) is 8.18. The van der Waals surface area contributed by atoms with E-state index in [0.717, 1.165) is 12.8 Å². The summed E-state index contributed by atoms with van der Waals surface area (Å²) in [5.41, 5.74) is -0.00377. The van der Waals surface area contributed by atoms with Crippen molar-refractivity contribution in [2.45, 2.75) is 58.8 Å². The Kier molecular flexibility index (Phi) is 10.6. The number of carboxylic acid groups (broad SMARTS) is 1. The molecule has 0 bridgehead atoms. The van der Waals surface area contributed by atoms with Gasteiger partial charge in [0.05, 0.1) is 19.7 Å². The van der Waals surface area contributed by atoms with Crippen LogP contribution in [0.15, 0.2) is 0 Å². The number of carbonyl (C=O) groups excluding carboxylic acids is 2. The molecule has 1 rings (SSSR count). The van der Waals surface area contributed by atoms with Gasteiger partial charge >= 0.3 is 51.4 Å². The summed E-state index contributed by atoms with van der Waals surface area (Å²) in [6.07, 6.45) is 0.0826. The predicted octanol–water partition coefficient (Wildman–Crippen LogP) is -2.58. The van der Waals surface area contributed by atoms with Crippen LogP contribution < -0.4 is 56.5 Å². The van der Waals surface area contributed by atoms with E-state index in [1.165, 1.54) is 6.47 Å². The average molecular weight is 285 g/mol. The molecule has 1 saturated heterocycles. The smallest absolute Gasteiger partial charge is 0.649 e. The van der Waals surface area contributed by atoms with Crippen molar-refractivity contribution in [3.05, 3.63) is 0 Å². The van der Waals surface area contributed by atoms with Crippen LogP contribution in [0.2, 0.25) is 0 Å². The van der Waals surface area contributed by atoms with Crippen LogP contribution in [-0.4, -0.2) is 31.2 Å². The van der Waals surface area contributed by atoms with Crippen molar-refractivity contribution in [2.75, 3.05) is 0 Å². The van der Waals surface area contributed by atoms with Gasteiger partial charge in [0.25, 0.3) is 0 Å². The van der Waals surface area contributed by atoms with E-state index in [4.69, 9.17) is 20.7 Å². The van der Waals surface area contributed by atoms with E-state index in [9.17, 15) is 4.79 Å². The quantitative estimate of drug-likeness (QED) is 0.316. The van der Waals surface area contributed by atoms with Crippen molar-refractivity contribution < 1.29 is 76.9 Å². The van der Waals surface area contributed by atoms with Crippen molar-refractivity contribution in [1.82, 2.24) is 0 Å². The second kappa shape index (κ2) is 10.3. The first-order valence-electron chi connectivity index (χ1n) is 6.04. The van der Waals surface area contributed by atoms with Gasteiger partial charge in [0.2, 0.25) is 0 Å². The molecule has 1 heterocycles. The third-order valence-corrected chi connectivity index (χ3v) is 2.63. The predicted molar refractivity (Wildman–Crippen MR) is 59.7 cm³/mol. The van der Waals surface area contributed by atoms with Crippen LogP contribution in [0.3, 0.4) is 0 Å². The van der Waals surface area contributed by atoms with Crippen LogP contribution in [0.4, 0.5) is 0 Å². The Morgan fingerprint density at radius 1 is 1.50 bits per heavy atom. The third kappa shape index (κ3) is 7.86. The maximum Gasteiger partial charge on any atom is 1.00 e. The molecule has 3 atom stereocenters. The topological polar surface area (TPSA) is 75.7 Å². The van der Waals surface area contributed by atoms with Crippen molar-refractivity contribution >= 4 is 12.9 Å². The summed E-state index contributed by atoms with van der Waals surface area (Å²) < 4.78 is 16.1. The Balaban J connectivity index is 0. The zero-order chi connectivity index (χ0) is 14.3. The first-order valence-corrected chi connectivity index (χ1v) is 5.54. The van der Waals surface area contributed by atoms with E-state index in [0.29, 0.717) is 0 Å². The molecule has 3 unspecified atom stereocenters. The summed E-state index contributed by atoms with van der Waals surface area (Å²) in [5.74, 6) is 0. The normalized spacial score (nSPS) is 27.8. The Labute approximate surface area is 152 Å². The van der Waals surface area contributed by atoms with E-state index >= 15 is 0 Å². The molecule has 0 aromatic heterocycles. The molecule has 6 heteroatoms. The zero-order valence-electron chi connectivity index (χ0n) is 12.7. The Morgan fingerprint density at radius 3 is 2.39 bits per heavy atom. The van der Waals surface area contributed by atoms with Gasteiger partial charge in [0, 0.05) is 6.45 Å². The number of carbonyl (C=O) groups is 1. The molecule has 100 valence electrons. The van der Waals surface area contributed by atoms with E-state index in [-0.39, 0.29) is 75.1 Å². The summed E-state index contributed by atoms with van der Waals surface area (Å²) in [6, 6.07) is 0. The summed E-state index contributed by atoms with van der Waals surface area (Å²) in [7, 11) is 0. The Morgan fingerprint density at radius 2 is 2.00 bits per heavy atom. The van der Waals surface area contributed by atoms with Crippen LogP contribution in [0.5, 0.6) is 0 Å². The minimum Gasteiger partial charge on any atom is -0.649 e. The van der Waals surface area contributed by atoms with Gasteiger partial charge in [-0.3, -0.25) is 0 Å². The van der Waals surface area contributed by atoms with Gasteiger partial charge in [-0.1, -0.05) is 27.2 Å². The summed E-state index contributed by atoms with van der Waals surface area (Å²) in [4.78, 5) is 18.8. The van der Waals surface area contributed by atoms with E-state index in [2.05, 4.69) is 27.7 Å². The molecule has 1 aliphatic rings. The monoisotopic (exact) mass is 285 g/mol. The molecular formula is C12H20KO5-. The molecule has 1 aliphatic heterocycles. The standard InChI is InChI=1S/C11H19O3.CH2O2.K/c1-8-5-6-9(13-7-12)10(14-8)11(2,3)4;2-1-3;/h8-10H,5-6H2,1-4H3;1H,(H,2,3);/q-1;;+1/p-1/i;1T;. The molecule has 0 spiro atoms. The van der Waals surface area contributed by atoms with Crippen molar-refractivity contribution in [3.63, 3.8) is 0 Å². The van der Waals surface area contributed by atoms with Crippen LogP contribution >= 0.6 is 0 Å². The largest absolute Gasteiger partial charge is 1.00 e. The maximum atomic E-state index is 10.2. The zero-order valence-corrected chi connectivity index (χ0v) is 14.8. The fraction of sp³-hybridized carbons (Fsp3) is 0.833. The number of hydrogen-bond donors (Lipinski definition) is 0. The van der Waals surface area contributed by atoms with Crippen LogP contribution in [0.1, 0.15) is 41.9 Å². The molecule has 0 aliphatic carbocycles. The third-order valence-electron chi connectivity index (χ3n) is 2.63.